The van der Waals surface area contributed by atoms with Crippen molar-refractivity contribution < 1.29 is 0 Å². The van der Waals surface area contributed by atoms with E-state index in [9.17, 15) is 0 Å². The number of H-pyrrole nitrogens is 1. The molecule has 0 saturated heterocycles. The van der Waals surface area contributed by atoms with Crippen molar-refractivity contribution in [3.05, 3.63) is 30.1 Å². The van der Waals surface area contributed by atoms with Gasteiger partial charge in [-0.2, -0.15) is 0 Å². The molecule has 0 saturated carbocycles. The molecule has 0 fully saturated rings. The van der Waals surface area contributed by atoms with Gasteiger partial charge in [0.15, 0.2) is 0 Å². The molecule has 1 atom stereocenters. The molecule has 2 N–H and O–H groups in total. The maximum absolute atomic E-state index is 4.57. The number of aromatic amines is 1. The Balaban J connectivity index is 2.13. The summed E-state index contributed by atoms with van der Waals surface area (Å²) in [5.74, 6) is 1.67. The van der Waals surface area contributed by atoms with Crippen molar-refractivity contribution in [1.82, 2.24) is 15.3 Å². The first-order valence-corrected chi connectivity index (χ1v) is 5.85. The molecule has 0 aliphatic carbocycles. The van der Waals surface area contributed by atoms with Crippen LogP contribution in [0.15, 0.2) is 24.3 Å². The zero-order valence-electron chi connectivity index (χ0n) is 10.1. The van der Waals surface area contributed by atoms with Gasteiger partial charge in [0, 0.05) is 0 Å². The van der Waals surface area contributed by atoms with Gasteiger partial charge in [-0.15, -0.1) is 0 Å². The van der Waals surface area contributed by atoms with Crippen LogP contribution in [0, 0.1) is 5.92 Å². The Bertz CT molecular complexity index is 426. The van der Waals surface area contributed by atoms with Crippen molar-refractivity contribution in [3.8, 4) is 0 Å². The number of rotatable bonds is 4. The summed E-state index contributed by atoms with van der Waals surface area (Å²) in [4.78, 5) is 7.92. The Kier molecular flexibility index (Phi) is 3.25. The lowest BCUT2D eigenvalue weighted by Gasteiger charge is -2.12. The van der Waals surface area contributed by atoms with E-state index in [1.807, 2.05) is 18.2 Å². The summed E-state index contributed by atoms with van der Waals surface area (Å²) in [6.45, 7) is 7.56. The number of para-hydroxylation sites is 2. The molecule has 2 aromatic rings. The number of benzene rings is 1. The Labute approximate surface area is 96.3 Å². The first-order chi connectivity index (χ1) is 7.66. The van der Waals surface area contributed by atoms with Gasteiger partial charge in [-0.05, 0) is 31.5 Å². The topological polar surface area (TPSA) is 40.7 Å². The van der Waals surface area contributed by atoms with E-state index in [0.717, 1.165) is 23.4 Å². The molecule has 3 heteroatoms. The van der Waals surface area contributed by atoms with Crippen molar-refractivity contribution >= 4 is 11.0 Å². The third-order valence-corrected chi connectivity index (χ3v) is 2.65. The van der Waals surface area contributed by atoms with Crippen molar-refractivity contribution in [2.24, 2.45) is 5.92 Å². The molecule has 0 aliphatic rings. The van der Waals surface area contributed by atoms with Crippen LogP contribution in [0.25, 0.3) is 11.0 Å². The van der Waals surface area contributed by atoms with E-state index in [0.29, 0.717) is 5.92 Å². The van der Waals surface area contributed by atoms with E-state index < -0.39 is 0 Å². The summed E-state index contributed by atoms with van der Waals surface area (Å²) in [6.07, 6.45) is 0. The van der Waals surface area contributed by atoms with Gasteiger partial charge >= 0.3 is 0 Å². The van der Waals surface area contributed by atoms with Crippen LogP contribution in [0.3, 0.4) is 0 Å². The summed E-state index contributed by atoms with van der Waals surface area (Å²) in [6, 6.07) is 8.40. The molecular weight excluding hydrogens is 198 g/mol. The van der Waals surface area contributed by atoms with Crippen LogP contribution in [0.5, 0.6) is 0 Å². The SMILES string of the molecule is CC(C)CNC(C)c1nc2ccccc2[nH]1. The summed E-state index contributed by atoms with van der Waals surface area (Å²) < 4.78 is 0. The number of nitrogens with one attached hydrogen (secondary N) is 2. The molecule has 1 heterocycles. The fraction of sp³-hybridized carbons (Fsp3) is 0.462. The Morgan fingerprint density at radius 2 is 2.00 bits per heavy atom. The highest BCUT2D eigenvalue weighted by molar-refractivity contribution is 5.74. The molecule has 0 aliphatic heterocycles. The van der Waals surface area contributed by atoms with Crippen LogP contribution in [-0.4, -0.2) is 16.5 Å². The fourth-order valence-corrected chi connectivity index (χ4v) is 1.69. The van der Waals surface area contributed by atoms with E-state index in [-0.39, 0.29) is 6.04 Å². The number of aromatic nitrogens is 2. The molecule has 3 nitrogen and oxygen atoms in total. The van der Waals surface area contributed by atoms with Gasteiger partial charge in [-0.25, -0.2) is 4.98 Å². The Hall–Kier alpha value is -1.35. The molecule has 1 aromatic carbocycles. The van der Waals surface area contributed by atoms with Gasteiger partial charge in [0.05, 0.1) is 17.1 Å². The van der Waals surface area contributed by atoms with Crippen molar-refractivity contribution in [2.45, 2.75) is 26.8 Å². The largest absolute Gasteiger partial charge is 0.341 e. The maximum Gasteiger partial charge on any atom is 0.124 e. The predicted octanol–water partition coefficient (Wildman–Crippen LogP) is 2.87. The van der Waals surface area contributed by atoms with E-state index in [2.05, 4.69) is 42.1 Å². The minimum absolute atomic E-state index is 0.273. The number of hydrogen-bond acceptors (Lipinski definition) is 2. The molecule has 0 bridgehead atoms. The Morgan fingerprint density at radius 3 is 2.69 bits per heavy atom. The van der Waals surface area contributed by atoms with Gasteiger partial charge < -0.3 is 10.3 Å². The molecule has 0 radical (unpaired) electrons. The average molecular weight is 217 g/mol. The van der Waals surface area contributed by atoms with Crippen molar-refractivity contribution in [3.63, 3.8) is 0 Å². The fourth-order valence-electron chi connectivity index (χ4n) is 1.69. The van der Waals surface area contributed by atoms with Crippen LogP contribution in [0.1, 0.15) is 32.6 Å². The van der Waals surface area contributed by atoms with Crippen LogP contribution >= 0.6 is 0 Å². The smallest absolute Gasteiger partial charge is 0.124 e. The highest BCUT2D eigenvalue weighted by atomic mass is 15.0. The number of imidazole rings is 1. The maximum atomic E-state index is 4.57. The third-order valence-electron chi connectivity index (χ3n) is 2.65. The monoisotopic (exact) mass is 217 g/mol. The zero-order chi connectivity index (χ0) is 11.5. The highest BCUT2D eigenvalue weighted by Gasteiger charge is 2.09. The highest BCUT2D eigenvalue weighted by Crippen LogP contribution is 2.15. The standard InChI is InChI=1S/C13H19N3/c1-9(2)8-14-10(3)13-15-11-6-4-5-7-12(11)16-13/h4-7,9-10,14H,8H2,1-3H3,(H,15,16). The third kappa shape index (κ3) is 2.42. The minimum atomic E-state index is 0.273. The second-order valence-electron chi connectivity index (χ2n) is 4.66. The zero-order valence-corrected chi connectivity index (χ0v) is 10.1. The lowest BCUT2D eigenvalue weighted by molar-refractivity contribution is 0.485. The summed E-state index contributed by atoms with van der Waals surface area (Å²) in [5, 5.41) is 3.47. The second-order valence-corrected chi connectivity index (χ2v) is 4.66. The first-order valence-electron chi connectivity index (χ1n) is 5.85. The van der Waals surface area contributed by atoms with Crippen LogP contribution in [0.2, 0.25) is 0 Å². The average Bonchev–Trinajstić information content (AvgIpc) is 2.69. The van der Waals surface area contributed by atoms with E-state index >= 15 is 0 Å². The van der Waals surface area contributed by atoms with Crippen molar-refractivity contribution in [1.29, 1.82) is 0 Å². The minimum Gasteiger partial charge on any atom is -0.341 e. The van der Waals surface area contributed by atoms with Crippen LogP contribution in [-0.2, 0) is 0 Å². The Morgan fingerprint density at radius 1 is 1.25 bits per heavy atom. The molecule has 16 heavy (non-hydrogen) atoms. The molecule has 1 aromatic heterocycles. The van der Waals surface area contributed by atoms with Gasteiger partial charge in [-0.3, -0.25) is 0 Å². The summed E-state index contributed by atoms with van der Waals surface area (Å²) in [5.41, 5.74) is 2.14. The van der Waals surface area contributed by atoms with E-state index in [4.69, 9.17) is 0 Å². The molecule has 0 amide bonds. The van der Waals surface area contributed by atoms with Gasteiger partial charge in [0.1, 0.15) is 5.82 Å². The molecule has 0 spiro atoms. The molecular formula is C13H19N3. The number of nitrogens with zero attached hydrogens (tertiary/aromatic N) is 1. The normalized spacial score (nSPS) is 13.5. The number of hydrogen-bond donors (Lipinski definition) is 2. The first kappa shape index (κ1) is 11.1. The van der Waals surface area contributed by atoms with E-state index in [1.165, 1.54) is 0 Å². The molecule has 1 unspecified atom stereocenters. The number of fused-ring (bicyclic) bond motifs is 1. The quantitative estimate of drug-likeness (QED) is 0.826. The summed E-state index contributed by atoms with van der Waals surface area (Å²) >= 11 is 0. The van der Waals surface area contributed by atoms with Crippen molar-refractivity contribution in [2.75, 3.05) is 6.54 Å². The van der Waals surface area contributed by atoms with Gasteiger partial charge in [0.25, 0.3) is 0 Å². The predicted molar refractivity (Wildman–Crippen MR) is 67.3 cm³/mol. The summed E-state index contributed by atoms with van der Waals surface area (Å²) in [7, 11) is 0. The second kappa shape index (κ2) is 4.66. The van der Waals surface area contributed by atoms with Gasteiger partial charge in [0.2, 0.25) is 0 Å². The van der Waals surface area contributed by atoms with Crippen LogP contribution < -0.4 is 5.32 Å². The van der Waals surface area contributed by atoms with Crippen LogP contribution in [0.4, 0.5) is 0 Å². The molecule has 86 valence electrons. The van der Waals surface area contributed by atoms with E-state index in [1.54, 1.807) is 0 Å². The van der Waals surface area contributed by atoms with Gasteiger partial charge in [-0.1, -0.05) is 26.0 Å². The molecule has 2 rings (SSSR count). The lowest BCUT2D eigenvalue weighted by atomic mass is 10.2. The lowest BCUT2D eigenvalue weighted by Crippen LogP contribution is -2.24.